The van der Waals surface area contributed by atoms with Gasteiger partial charge in [0.25, 0.3) is 5.91 Å². The number of rotatable bonds is 11. The van der Waals surface area contributed by atoms with Crippen LogP contribution in [-0.4, -0.2) is 46.2 Å². The van der Waals surface area contributed by atoms with Crippen molar-refractivity contribution >= 4 is 22.7 Å². The number of aromatic amines is 1. The summed E-state index contributed by atoms with van der Waals surface area (Å²) in [6.45, 7) is 3.26. The summed E-state index contributed by atoms with van der Waals surface area (Å²) in [5.41, 5.74) is 3.00. The van der Waals surface area contributed by atoms with Gasteiger partial charge in [0.15, 0.2) is 5.76 Å². The zero-order valence-corrected chi connectivity index (χ0v) is 19.9. The minimum atomic E-state index is -0.319. The standard InChI is InChI=1S/C28H30FN3O3/c1-2-3-15-32(28(34)26-9-6-17-35-26)20-27(33)31(19-21-10-12-23(29)13-11-21)16-14-22-18-30-25-8-5-4-7-24(22)25/h4-13,17-18,30H,2-3,14-16,19-20H2,1H3. The van der Waals surface area contributed by atoms with Gasteiger partial charge in [-0.3, -0.25) is 9.59 Å². The molecule has 0 atom stereocenters. The molecule has 0 spiro atoms. The van der Waals surface area contributed by atoms with Gasteiger partial charge >= 0.3 is 0 Å². The van der Waals surface area contributed by atoms with Gasteiger partial charge in [-0.15, -0.1) is 0 Å². The van der Waals surface area contributed by atoms with Crippen molar-refractivity contribution in [1.82, 2.24) is 14.8 Å². The number of hydrogen-bond acceptors (Lipinski definition) is 3. The van der Waals surface area contributed by atoms with E-state index in [1.165, 1.54) is 18.4 Å². The zero-order valence-electron chi connectivity index (χ0n) is 19.9. The summed E-state index contributed by atoms with van der Waals surface area (Å²) in [6, 6.07) is 17.5. The van der Waals surface area contributed by atoms with E-state index in [2.05, 4.69) is 11.1 Å². The van der Waals surface area contributed by atoms with Crippen LogP contribution < -0.4 is 0 Å². The Morgan fingerprint density at radius 1 is 0.971 bits per heavy atom. The average molecular weight is 476 g/mol. The van der Waals surface area contributed by atoms with Crippen molar-refractivity contribution in [2.24, 2.45) is 0 Å². The van der Waals surface area contributed by atoms with Crippen LogP contribution in [0.15, 0.2) is 77.5 Å². The highest BCUT2D eigenvalue weighted by Crippen LogP contribution is 2.19. The predicted molar refractivity (Wildman–Crippen MR) is 133 cm³/mol. The smallest absolute Gasteiger partial charge is 0.290 e. The number of furan rings is 1. The normalized spacial score (nSPS) is 11.0. The Morgan fingerprint density at radius 2 is 1.77 bits per heavy atom. The van der Waals surface area contributed by atoms with Crippen LogP contribution in [0.5, 0.6) is 0 Å². The molecule has 0 bridgehead atoms. The van der Waals surface area contributed by atoms with Crippen LogP contribution in [0.2, 0.25) is 0 Å². The molecule has 0 aliphatic rings. The molecule has 6 nitrogen and oxygen atoms in total. The lowest BCUT2D eigenvalue weighted by molar-refractivity contribution is -0.132. The number of carbonyl (C=O) groups is 2. The largest absolute Gasteiger partial charge is 0.459 e. The zero-order chi connectivity index (χ0) is 24.6. The van der Waals surface area contributed by atoms with Gasteiger partial charge in [-0.2, -0.15) is 0 Å². The Morgan fingerprint density at radius 3 is 2.51 bits per heavy atom. The van der Waals surface area contributed by atoms with Gasteiger partial charge in [-0.05, 0) is 54.3 Å². The molecule has 2 amide bonds. The third kappa shape index (κ3) is 6.18. The molecule has 0 fully saturated rings. The lowest BCUT2D eigenvalue weighted by atomic mass is 10.1. The van der Waals surface area contributed by atoms with E-state index in [0.717, 1.165) is 34.9 Å². The number of amides is 2. The second kappa shape index (κ2) is 11.5. The van der Waals surface area contributed by atoms with Crippen LogP contribution in [0.1, 0.15) is 41.4 Å². The van der Waals surface area contributed by atoms with Crippen molar-refractivity contribution in [1.29, 1.82) is 0 Å². The molecule has 35 heavy (non-hydrogen) atoms. The van der Waals surface area contributed by atoms with E-state index in [1.54, 1.807) is 34.1 Å². The quantitative estimate of drug-likeness (QED) is 0.315. The van der Waals surface area contributed by atoms with Crippen molar-refractivity contribution in [3.8, 4) is 0 Å². The molecule has 0 aliphatic carbocycles. The second-order valence-corrected chi connectivity index (χ2v) is 8.61. The van der Waals surface area contributed by atoms with Crippen LogP contribution in [0, 0.1) is 5.82 Å². The number of unbranched alkanes of at least 4 members (excludes halogenated alkanes) is 1. The number of carbonyl (C=O) groups excluding carboxylic acids is 2. The minimum Gasteiger partial charge on any atom is -0.459 e. The molecular formula is C28H30FN3O3. The van der Waals surface area contributed by atoms with Crippen molar-refractivity contribution in [2.75, 3.05) is 19.6 Å². The van der Waals surface area contributed by atoms with E-state index >= 15 is 0 Å². The summed E-state index contributed by atoms with van der Waals surface area (Å²) < 4.78 is 18.7. The third-order valence-corrected chi connectivity index (χ3v) is 6.09. The maximum Gasteiger partial charge on any atom is 0.290 e. The molecule has 2 aromatic carbocycles. The van der Waals surface area contributed by atoms with Gasteiger partial charge in [0.2, 0.25) is 5.91 Å². The highest BCUT2D eigenvalue weighted by atomic mass is 19.1. The van der Waals surface area contributed by atoms with Crippen molar-refractivity contribution in [2.45, 2.75) is 32.7 Å². The molecule has 1 N–H and O–H groups in total. The van der Waals surface area contributed by atoms with Gasteiger partial charge in [0.1, 0.15) is 12.4 Å². The van der Waals surface area contributed by atoms with E-state index in [9.17, 15) is 14.0 Å². The molecule has 0 aliphatic heterocycles. The number of para-hydroxylation sites is 1. The summed E-state index contributed by atoms with van der Waals surface area (Å²) in [5.74, 6) is -0.557. The van der Waals surface area contributed by atoms with E-state index in [0.29, 0.717) is 26.1 Å². The number of hydrogen-bond donors (Lipinski definition) is 1. The Bertz CT molecular complexity index is 1250. The van der Waals surface area contributed by atoms with E-state index in [-0.39, 0.29) is 29.9 Å². The maximum atomic E-state index is 13.5. The van der Waals surface area contributed by atoms with Gasteiger partial charge in [-0.1, -0.05) is 43.7 Å². The third-order valence-electron chi connectivity index (χ3n) is 6.09. The average Bonchev–Trinajstić information content (AvgIpc) is 3.55. The minimum absolute atomic E-state index is 0.0470. The van der Waals surface area contributed by atoms with Crippen LogP contribution in [-0.2, 0) is 17.8 Å². The number of halogens is 1. The predicted octanol–water partition coefficient (Wildman–Crippen LogP) is 5.41. The summed E-state index contributed by atoms with van der Waals surface area (Å²) in [6.07, 6.45) is 5.76. The summed E-state index contributed by atoms with van der Waals surface area (Å²) >= 11 is 0. The highest BCUT2D eigenvalue weighted by Gasteiger charge is 2.24. The van der Waals surface area contributed by atoms with E-state index < -0.39 is 0 Å². The first-order chi connectivity index (χ1) is 17.0. The topological polar surface area (TPSA) is 69.6 Å². The Balaban J connectivity index is 1.52. The van der Waals surface area contributed by atoms with Gasteiger partial charge in [0.05, 0.1) is 6.26 Å². The summed E-state index contributed by atoms with van der Waals surface area (Å²) in [5, 5.41) is 1.12. The summed E-state index contributed by atoms with van der Waals surface area (Å²) in [4.78, 5) is 33.0. The van der Waals surface area contributed by atoms with E-state index in [4.69, 9.17) is 4.42 Å². The lowest BCUT2D eigenvalue weighted by Gasteiger charge is -2.27. The van der Waals surface area contributed by atoms with Gasteiger partial charge in [0, 0.05) is 36.7 Å². The number of nitrogens with one attached hydrogen (secondary N) is 1. The first-order valence-electron chi connectivity index (χ1n) is 11.9. The number of nitrogens with zero attached hydrogens (tertiary/aromatic N) is 2. The second-order valence-electron chi connectivity index (χ2n) is 8.61. The highest BCUT2D eigenvalue weighted by molar-refractivity contribution is 5.94. The van der Waals surface area contributed by atoms with Gasteiger partial charge in [-0.25, -0.2) is 4.39 Å². The molecule has 4 rings (SSSR count). The molecule has 0 saturated heterocycles. The van der Waals surface area contributed by atoms with Crippen LogP contribution >= 0.6 is 0 Å². The lowest BCUT2D eigenvalue weighted by Crippen LogP contribution is -2.43. The molecule has 4 aromatic rings. The molecule has 7 heteroatoms. The number of benzene rings is 2. The fourth-order valence-corrected chi connectivity index (χ4v) is 4.12. The van der Waals surface area contributed by atoms with Crippen LogP contribution in [0.4, 0.5) is 4.39 Å². The number of aromatic nitrogens is 1. The van der Waals surface area contributed by atoms with Gasteiger partial charge < -0.3 is 19.2 Å². The monoisotopic (exact) mass is 475 g/mol. The van der Waals surface area contributed by atoms with Crippen molar-refractivity contribution in [3.63, 3.8) is 0 Å². The van der Waals surface area contributed by atoms with Crippen LogP contribution in [0.25, 0.3) is 10.9 Å². The SMILES string of the molecule is CCCCN(CC(=O)N(CCc1c[nH]c2ccccc12)Cc1ccc(F)cc1)C(=O)c1ccco1. The molecule has 0 radical (unpaired) electrons. The molecular weight excluding hydrogens is 445 g/mol. The molecule has 0 saturated carbocycles. The molecule has 2 heterocycles. The Hall–Kier alpha value is -3.87. The Kier molecular flexibility index (Phi) is 7.98. The fraction of sp³-hybridized carbons (Fsp3) is 0.286. The molecule has 2 aromatic heterocycles. The number of H-pyrrole nitrogens is 1. The van der Waals surface area contributed by atoms with Crippen molar-refractivity contribution < 1.29 is 18.4 Å². The maximum absolute atomic E-state index is 13.5. The fourth-order valence-electron chi connectivity index (χ4n) is 4.12. The van der Waals surface area contributed by atoms with Crippen molar-refractivity contribution in [3.05, 3.63) is 95.8 Å². The first kappa shape index (κ1) is 24.3. The molecule has 182 valence electrons. The first-order valence-corrected chi connectivity index (χ1v) is 11.9. The molecule has 0 unspecified atom stereocenters. The van der Waals surface area contributed by atoms with Crippen LogP contribution in [0.3, 0.4) is 0 Å². The number of fused-ring (bicyclic) bond motifs is 1. The summed E-state index contributed by atoms with van der Waals surface area (Å²) in [7, 11) is 0. The Labute approximate surface area is 204 Å². The van der Waals surface area contributed by atoms with E-state index in [1.807, 2.05) is 31.3 Å².